The Labute approximate surface area is 127 Å². The number of hydrogen-bond donors (Lipinski definition) is 2. The Kier molecular flexibility index (Phi) is 3.33. The van der Waals surface area contributed by atoms with Gasteiger partial charge in [0.2, 0.25) is 0 Å². The lowest BCUT2D eigenvalue weighted by atomic mass is 9.96. The minimum atomic E-state index is -0.395. The van der Waals surface area contributed by atoms with Crippen molar-refractivity contribution in [2.45, 2.75) is 20.3 Å². The van der Waals surface area contributed by atoms with E-state index >= 15 is 0 Å². The number of phenolic OH excluding ortho intramolecular Hbond substituents is 1. The van der Waals surface area contributed by atoms with Crippen molar-refractivity contribution < 1.29 is 10.0 Å². The molecule has 3 aromatic rings. The summed E-state index contributed by atoms with van der Waals surface area (Å²) in [5.41, 5.74) is 5.01. The minimum absolute atomic E-state index is 0.0811. The zero-order valence-corrected chi connectivity index (χ0v) is 12.4. The van der Waals surface area contributed by atoms with Crippen LogP contribution in [0.5, 0.6) is 5.75 Å². The molecule has 0 unspecified atom stereocenters. The number of nitrogens with one attached hydrogen (secondary N) is 1. The molecule has 0 fully saturated rings. The van der Waals surface area contributed by atoms with E-state index in [-0.39, 0.29) is 5.69 Å². The van der Waals surface area contributed by atoms with Gasteiger partial charge in [0.25, 0.3) is 5.69 Å². The Hall–Kier alpha value is -2.82. The molecule has 0 saturated heterocycles. The summed E-state index contributed by atoms with van der Waals surface area (Å²) in [6.07, 6.45) is 2.60. The van der Waals surface area contributed by atoms with Crippen LogP contribution >= 0.6 is 0 Å². The monoisotopic (exact) mass is 296 g/mol. The third-order valence-electron chi connectivity index (χ3n) is 4.21. The van der Waals surface area contributed by atoms with E-state index in [1.165, 1.54) is 6.07 Å². The Morgan fingerprint density at radius 2 is 1.91 bits per heavy atom. The van der Waals surface area contributed by atoms with Crippen LogP contribution in [0.3, 0.4) is 0 Å². The molecule has 5 nitrogen and oxygen atoms in total. The van der Waals surface area contributed by atoms with E-state index in [4.69, 9.17) is 0 Å². The number of rotatable bonds is 3. The van der Waals surface area contributed by atoms with Crippen LogP contribution in [0.15, 0.2) is 36.5 Å². The van der Waals surface area contributed by atoms with Crippen molar-refractivity contribution in [2.24, 2.45) is 0 Å². The number of benzene rings is 2. The number of phenols is 1. The van der Waals surface area contributed by atoms with Gasteiger partial charge in [-0.3, -0.25) is 10.1 Å². The average molecular weight is 296 g/mol. The lowest BCUT2D eigenvalue weighted by Crippen LogP contribution is -1.94. The van der Waals surface area contributed by atoms with E-state index in [1.807, 2.05) is 26.1 Å². The van der Waals surface area contributed by atoms with E-state index in [9.17, 15) is 15.2 Å². The van der Waals surface area contributed by atoms with E-state index < -0.39 is 4.92 Å². The van der Waals surface area contributed by atoms with Crippen molar-refractivity contribution in [3.63, 3.8) is 0 Å². The van der Waals surface area contributed by atoms with Crippen LogP contribution in [-0.4, -0.2) is 15.0 Å². The van der Waals surface area contributed by atoms with Gasteiger partial charge in [-0.1, -0.05) is 6.07 Å². The first kappa shape index (κ1) is 14.1. The topological polar surface area (TPSA) is 79.2 Å². The van der Waals surface area contributed by atoms with Crippen LogP contribution in [0.2, 0.25) is 0 Å². The van der Waals surface area contributed by atoms with E-state index in [0.29, 0.717) is 12.2 Å². The molecule has 3 rings (SSSR count). The van der Waals surface area contributed by atoms with Gasteiger partial charge in [-0.05, 0) is 54.7 Å². The van der Waals surface area contributed by atoms with Gasteiger partial charge in [-0.15, -0.1) is 0 Å². The zero-order valence-electron chi connectivity index (χ0n) is 12.4. The van der Waals surface area contributed by atoms with Crippen molar-refractivity contribution in [1.82, 2.24) is 4.98 Å². The summed E-state index contributed by atoms with van der Waals surface area (Å²) in [4.78, 5) is 13.5. The maximum Gasteiger partial charge on any atom is 0.271 e. The first-order valence-electron chi connectivity index (χ1n) is 7.00. The van der Waals surface area contributed by atoms with Gasteiger partial charge in [0.05, 0.1) is 10.4 Å². The summed E-state index contributed by atoms with van der Waals surface area (Å²) >= 11 is 0. The van der Waals surface area contributed by atoms with Gasteiger partial charge in [0.1, 0.15) is 5.75 Å². The fourth-order valence-electron chi connectivity index (χ4n) is 2.69. The number of aromatic amines is 1. The summed E-state index contributed by atoms with van der Waals surface area (Å²) in [6, 6.07) is 8.48. The van der Waals surface area contributed by atoms with Gasteiger partial charge >= 0.3 is 0 Å². The number of H-pyrrole nitrogens is 1. The fraction of sp³-hybridized carbons (Fsp3) is 0.176. The molecule has 0 spiro atoms. The molecule has 2 aromatic carbocycles. The highest BCUT2D eigenvalue weighted by atomic mass is 16.6. The summed E-state index contributed by atoms with van der Waals surface area (Å²) in [5, 5.41) is 21.5. The van der Waals surface area contributed by atoms with Crippen LogP contribution < -0.4 is 0 Å². The number of nitro groups is 1. The lowest BCUT2D eigenvalue weighted by molar-refractivity contribution is -0.384. The molecule has 5 heteroatoms. The maximum absolute atomic E-state index is 10.8. The summed E-state index contributed by atoms with van der Waals surface area (Å²) in [5.74, 6) is 0.302. The molecule has 112 valence electrons. The fourth-order valence-corrected chi connectivity index (χ4v) is 2.69. The van der Waals surface area contributed by atoms with Crippen molar-refractivity contribution in [3.05, 3.63) is 68.9 Å². The normalized spacial score (nSPS) is 11.0. The smallest absolute Gasteiger partial charge is 0.271 e. The van der Waals surface area contributed by atoms with Gasteiger partial charge in [0.15, 0.2) is 0 Å². The number of aromatic nitrogens is 1. The average Bonchev–Trinajstić information content (AvgIpc) is 2.90. The number of aromatic hydroxyl groups is 1. The zero-order chi connectivity index (χ0) is 15.9. The third-order valence-corrected chi connectivity index (χ3v) is 4.21. The Morgan fingerprint density at radius 1 is 1.14 bits per heavy atom. The first-order valence-corrected chi connectivity index (χ1v) is 7.00. The molecular formula is C17H16N2O3. The Morgan fingerprint density at radius 3 is 2.64 bits per heavy atom. The molecule has 0 saturated carbocycles. The largest absolute Gasteiger partial charge is 0.508 e. The van der Waals surface area contributed by atoms with Gasteiger partial charge in [0, 0.05) is 23.7 Å². The molecule has 0 aliphatic carbocycles. The van der Waals surface area contributed by atoms with Crippen molar-refractivity contribution in [3.8, 4) is 5.75 Å². The molecule has 1 heterocycles. The molecule has 0 aliphatic rings. The van der Waals surface area contributed by atoms with Crippen LogP contribution in [0, 0.1) is 24.0 Å². The van der Waals surface area contributed by atoms with Crippen LogP contribution in [0.4, 0.5) is 5.69 Å². The number of hydrogen-bond acceptors (Lipinski definition) is 3. The van der Waals surface area contributed by atoms with E-state index in [1.54, 1.807) is 18.2 Å². The Balaban J connectivity index is 2.01. The van der Waals surface area contributed by atoms with Gasteiger partial charge < -0.3 is 10.1 Å². The quantitative estimate of drug-likeness (QED) is 0.566. The molecule has 0 radical (unpaired) electrons. The van der Waals surface area contributed by atoms with Crippen LogP contribution in [0.1, 0.15) is 22.3 Å². The van der Waals surface area contributed by atoms with Crippen molar-refractivity contribution in [2.75, 3.05) is 0 Å². The highest BCUT2D eigenvalue weighted by Crippen LogP contribution is 2.28. The van der Waals surface area contributed by atoms with Crippen LogP contribution in [-0.2, 0) is 6.42 Å². The second kappa shape index (κ2) is 5.18. The molecule has 2 N–H and O–H groups in total. The molecule has 0 amide bonds. The number of nitrogens with zero attached hydrogens (tertiary/aromatic N) is 1. The highest BCUT2D eigenvalue weighted by Gasteiger charge is 2.12. The predicted molar refractivity (Wildman–Crippen MR) is 85.3 cm³/mol. The Bertz CT molecular complexity index is 881. The lowest BCUT2D eigenvalue weighted by Gasteiger charge is -2.10. The summed E-state index contributed by atoms with van der Waals surface area (Å²) < 4.78 is 0. The third kappa shape index (κ3) is 2.30. The number of fused-ring (bicyclic) bond motifs is 1. The standard InChI is InChI=1S/C17H16N2O3/c1-10-11(2)17(20)6-3-12(10)7-13-9-18-16-8-14(19(21)22)4-5-15(13)16/h3-6,8-9,18,20H,7H2,1-2H3. The van der Waals surface area contributed by atoms with E-state index in [0.717, 1.165) is 33.2 Å². The summed E-state index contributed by atoms with van der Waals surface area (Å²) in [6.45, 7) is 3.89. The summed E-state index contributed by atoms with van der Waals surface area (Å²) in [7, 11) is 0. The second-order valence-corrected chi connectivity index (χ2v) is 5.47. The van der Waals surface area contributed by atoms with E-state index in [2.05, 4.69) is 4.98 Å². The second-order valence-electron chi connectivity index (χ2n) is 5.47. The highest BCUT2D eigenvalue weighted by molar-refractivity contribution is 5.85. The van der Waals surface area contributed by atoms with Crippen molar-refractivity contribution >= 4 is 16.6 Å². The maximum atomic E-state index is 10.8. The first-order chi connectivity index (χ1) is 10.5. The molecular weight excluding hydrogens is 280 g/mol. The van der Waals surface area contributed by atoms with Gasteiger partial charge in [-0.25, -0.2) is 0 Å². The molecule has 22 heavy (non-hydrogen) atoms. The van der Waals surface area contributed by atoms with Crippen molar-refractivity contribution in [1.29, 1.82) is 0 Å². The van der Waals surface area contributed by atoms with Gasteiger partial charge in [-0.2, -0.15) is 0 Å². The molecule has 0 bridgehead atoms. The SMILES string of the molecule is Cc1c(O)ccc(Cc2c[nH]c3cc([N+](=O)[O-])ccc23)c1C. The minimum Gasteiger partial charge on any atom is -0.508 e. The molecule has 1 aromatic heterocycles. The predicted octanol–water partition coefficient (Wildman–Crippen LogP) is 3.99. The number of nitro benzene ring substituents is 1. The number of non-ortho nitro benzene ring substituents is 1. The molecule has 0 aliphatic heterocycles. The molecule has 0 atom stereocenters. The van der Waals surface area contributed by atoms with Crippen LogP contribution in [0.25, 0.3) is 10.9 Å².